The molecule has 0 heterocycles. The number of ether oxygens (including phenoxy) is 1. The van der Waals surface area contributed by atoms with Crippen molar-refractivity contribution in [3.63, 3.8) is 0 Å². The van der Waals surface area contributed by atoms with Gasteiger partial charge in [0.05, 0.1) is 5.56 Å². The van der Waals surface area contributed by atoms with Crippen molar-refractivity contribution in [2.45, 2.75) is 71.4 Å². The highest BCUT2D eigenvalue weighted by molar-refractivity contribution is 5.30. The van der Waals surface area contributed by atoms with E-state index in [9.17, 15) is 13.2 Å². The van der Waals surface area contributed by atoms with Gasteiger partial charge in [0.15, 0.2) is 0 Å². The molecule has 1 rings (SSSR count). The van der Waals surface area contributed by atoms with Gasteiger partial charge in [-0.1, -0.05) is 58.7 Å². The van der Waals surface area contributed by atoms with E-state index < -0.39 is 11.7 Å². The van der Waals surface area contributed by atoms with Gasteiger partial charge in [0, 0.05) is 13.7 Å². The van der Waals surface area contributed by atoms with Gasteiger partial charge in [0.25, 0.3) is 0 Å². The van der Waals surface area contributed by atoms with Gasteiger partial charge < -0.3 is 9.64 Å². The number of hydrogen-bond donors (Lipinski definition) is 0. The van der Waals surface area contributed by atoms with E-state index in [4.69, 9.17) is 4.74 Å². The number of allylic oxidation sites excluding steroid dienone is 1. The van der Waals surface area contributed by atoms with Gasteiger partial charge >= 0.3 is 6.18 Å². The van der Waals surface area contributed by atoms with E-state index in [-0.39, 0.29) is 5.41 Å². The molecule has 0 atom stereocenters. The van der Waals surface area contributed by atoms with Crippen LogP contribution in [-0.2, 0) is 16.3 Å². The Kier molecular flexibility index (Phi) is 17.0. The average Bonchev–Trinajstić information content (AvgIpc) is 2.66. The van der Waals surface area contributed by atoms with E-state index in [0.29, 0.717) is 0 Å². The number of nitrogens with zero attached hydrogens (tertiary/aromatic N) is 1. The lowest BCUT2D eigenvalue weighted by Crippen LogP contribution is -2.16. The highest BCUT2D eigenvalue weighted by Gasteiger charge is 2.30. The molecule has 1 aromatic carbocycles. The number of methoxy groups -OCH3 is 1. The summed E-state index contributed by atoms with van der Waals surface area (Å²) in [6.45, 7) is 13.7. The fraction of sp³-hybridized carbons (Fsp3) is 0.667. The van der Waals surface area contributed by atoms with Crippen LogP contribution >= 0.6 is 0 Å². The van der Waals surface area contributed by atoms with Crippen LogP contribution in [0.15, 0.2) is 36.9 Å². The minimum Gasteiger partial charge on any atom is -0.385 e. The van der Waals surface area contributed by atoms with Crippen molar-refractivity contribution in [3.8, 4) is 0 Å². The lowest BCUT2D eigenvalue weighted by atomic mass is 9.81. The normalized spacial score (nSPS) is 11.3. The van der Waals surface area contributed by atoms with Crippen molar-refractivity contribution >= 4 is 0 Å². The Morgan fingerprint density at radius 3 is 1.83 bits per heavy atom. The van der Waals surface area contributed by atoms with E-state index in [2.05, 4.69) is 25.6 Å². The summed E-state index contributed by atoms with van der Waals surface area (Å²) in [5.74, 6) is 0. The maximum Gasteiger partial charge on any atom is 0.416 e. The smallest absolute Gasteiger partial charge is 0.385 e. The Morgan fingerprint density at radius 1 is 0.931 bits per heavy atom. The second kappa shape index (κ2) is 16.5. The summed E-state index contributed by atoms with van der Waals surface area (Å²) in [7, 11) is 6.00. The first-order valence-corrected chi connectivity index (χ1v) is 10.5. The Hall–Kier alpha value is -1.33. The first-order chi connectivity index (χ1) is 13.5. The van der Waals surface area contributed by atoms with Gasteiger partial charge in [-0.05, 0) is 63.0 Å². The predicted molar refractivity (Wildman–Crippen MR) is 120 cm³/mol. The molecule has 0 fully saturated rings. The quantitative estimate of drug-likeness (QED) is 0.292. The van der Waals surface area contributed by atoms with Gasteiger partial charge in [-0.15, -0.1) is 6.58 Å². The molecule has 0 aliphatic rings. The molecule has 170 valence electrons. The molecule has 0 saturated heterocycles. The topological polar surface area (TPSA) is 12.5 Å². The predicted octanol–water partition coefficient (Wildman–Crippen LogP) is 7.34. The standard InChI is InChI=1S/C13H15F3.C9H21NO.C2H6/c1-4-9-12(2,3)10-5-7-11(8-6-10)13(14,15)16;1-10(2)8-6-4-5-7-9-11-3;1-2/h4-8H,1,9H2,2-3H3;4-9H2,1-3H3;1-2H3. The third kappa shape index (κ3) is 15.2. The fourth-order valence-electron chi connectivity index (χ4n) is 2.62. The Morgan fingerprint density at radius 2 is 1.41 bits per heavy atom. The zero-order valence-electron chi connectivity index (χ0n) is 19.5. The Bertz CT molecular complexity index is 508. The third-order valence-electron chi connectivity index (χ3n) is 4.35. The minimum absolute atomic E-state index is 0.175. The Labute approximate surface area is 177 Å². The SMILES string of the molecule is C=CCC(C)(C)c1ccc(C(F)(F)F)cc1.CC.COCCCCCCN(C)C. The molecule has 29 heavy (non-hydrogen) atoms. The van der Waals surface area contributed by atoms with Crippen LogP contribution < -0.4 is 0 Å². The molecule has 0 unspecified atom stereocenters. The van der Waals surface area contributed by atoms with E-state index in [1.165, 1.54) is 44.4 Å². The lowest BCUT2D eigenvalue weighted by Gasteiger charge is -2.24. The van der Waals surface area contributed by atoms with Crippen LogP contribution in [-0.4, -0.2) is 39.3 Å². The zero-order valence-corrected chi connectivity index (χ0v) is 19.5. The van der Waals surface area contributed by atoms with Gasteiger partial charge in [0.1, 0.15) is 0 Å². The molecule has 0 aromatic heterocycles. The lowest BCUT2D eigenvalue weighted by molar-refractivity contribution is -0.137. The first-order valence-electron chi connectivity index (χ1n) is 10.5. The van der Waals surface area contributed by atoms with Crippen molar-refractivity contribution in [2.24, 2.45) is 0 Å². The maximum atomic E-state index is 12.3. The molecule has 0 aliphatic heterocycles. The highest BCUT2D eigenvalue weighted by Crippen LogP contribution is 2.32. The monoisotopic (exact) mass is 417 g/mol. The zero-order chi connectivity index (χ0) is 22.9. The maximum absolute atomic E-state index is 12.3. The van der Waals surface area contributed by atoms with Crippen LogP contribution in [0.25, 0.3) is 0 Å². The van der Waals surface area contributed by atoms with Crippen LogP contribution in [0.5, 0.6) is 0 Å². The molecular formula is C24H42F3NO. The summed E-state index contributed by atoms with van der Waals surface area (Å²) < 4.78 is 42.0. The molecule has 0 N–H and O–H groups in total. The molecule has 0 bridgehead atoms. The van der Waals surface area contributed by atoms with Gasteiger partial charge in [0.2, 0.25) is 0 Å². The molecule has 0 aliphatic carbocycles. The van der Waals surface area contributed by atoms with Crippen LogP contribution in [0, 0.1) is 0 Å². The summed E-state index contributed by atoms with van der Waals surface area (Å²) in [4.78, 5) is 2.23. The van der Waals surface area contributed by atoms with E-state index in [1.54, 1.807) is 13.2 Å². The van der Waals surface area contributed by atoms with E-state index >= 15 is 0 Å². The number of hydrogen-bond acceptors (Lipinski definition) is 2. The van der Waals surface area contributed by atoms with Crippen LogP contribution in [0.1, 0.15) is 70.9 Å². The van der Waals surface area contributed by atoms with E-state index in [1.807, 2.05) is 27.7 Å². The molecule has 2 nitrogen and oxygen atoms in total. The number of halogens is 3. The highest BCUT2D eigenvalue weighted by atomic mass is 19.4. The van der Waals surface area contributed by atoms with Crippen LogP contribution in [0.2, 0.25) is 0 Å². The molecule has 0 radical (unpaired) electrons. The number of rotatable bonds is 10. The van der Waals surface area contributed by atoms with Crippen molar-refractivity contribution in [1.82, 2.24) is 4.90 Å². The van der Waals surface area contributed by atoms with Crippen LogP contribution in [0.3, 0.4) is 0 Å². The van der Waals surface area contributed by atoms with Crippen molar-refractivity contribution < 1.29 is 17.9 Å². The summed E-state index contributed by atoms with van der Waals surface area (Å²) in [6.07, 6.45) is 3.42. The molecule has 0 saturated carbocycles. The number of alkyl halides is 3. The molecule has 0 amide bonds. The number of benzene rings is 1. The van der Waals surface area contributed by atoms with E-state index in [0.717, 1.165) is 30.7 Å². The van der Waals surface area contributed by atoms with Crippen LogP contribution in [0.4, 0.5) is 13.2 Å². The third-order valence-corrected chi connectivity index (χ3v) is 4.35. The summed E-state index contributed by atoms with van der Waals surface area (Å²) in [5, 5.41) is 0. The second-order valence-electron chi connectivity index (χ2n) is 7.66. The van der Waals surface area contributed by atoms with Gasteiger partial charge in [-0.2, -0.15) is 13.2 Å². The average molecular weight is 418 g/mol. The molecule has 0 spiro atoms. The second-order valence-corrected chi connectivity index (χ2v) is 7.66. The fourth-order valence-corrected chi connectivity index (χ4v) is 2.62. The summed E-state index contributed by atoms with van der Waals surface area (Å²) in [6, 6.07) is 5.32. The summed E-state index contributed by atoms with van der Waals surface area (Å²) in [5.41, 5.74) is 0.109. The largest absolute Gasteiger partial charge is 0.416 e. The first kappa shape index (κ1) is 29.9. The van der Waals surface area contributed by atoms with Crippen molar-refractivity contribution in [3.05, 3.63) is 48.0 Å². The van der Waals surface area contributed by atoms with Crippen molar-refractivity contribution in [2.75, 3.05) is 34.4 Å². The van der Waals surface area contributed by atoms with Crippen molar-refractivity contribution in [1.29, 1.82) is 0 Å². The number of unbranched alkanes of at least 4 members (excludes halogenated alkanes) is 3. The molecule has 1 aromatic rings. The van der Waals surface area contributed by atoms with Gasteiger partial charge in [-0.3, -0.25) is 0 Å². The summed E-state index contributed by atoms with van der Waals surface area (Å²) >= 11 is 0. The Balaban J connectivity index is 0. The van der Waals surface area contributed by atoms with Gasteiger partial charge in [-0.25, -0.2) is 0 Å². The molecule has 5 heteroatoms. The molecular weight excluding hydrogens is 375 g/mol. The minimum atomic E-state index is -4.26.